The van der Waals surface area contributed by atoms with Gasteiger partial charge in [0.2, 0.25) is 0 Å². The number of ether oxygens (including phenoxy) is 1. The molecule has 0 aliphatic carbocycles. The van der Waals surface area contributed by atoms with Crippen molar-refractivity contribution in [3.63, 3.8) is 0 Å². The van der Waals surface area contributed by atoms with Crippen molar-refractivity contribution in [3.05, 3.63) is 83.3 Å². The lowest BCUT2D eigenvalue weighted by Crippen LogP contribution is -2.27. The second-order valence-corrected chi connectivity index (χ2v) is 7.38. The minimum absolute atomic E-state index is 0.195. The number of halogens is 1. The molecular weight excluding hydrogens is 418 g/mol. The number of benzene rings is 1. The molecule has 1 atom stereocenters. The van der Waals surface area contributed by atoms with E-state index in [1.165, 1.54) is 11.3 Å². The molecule has 7 nitrogen and oxygen atoms in total. The van der Waals surface area contributed by atoms with Crippen molar-refractivity contribution in [3.8, 4) is 5.75 Å². The zero-order valence-corrected chi connectivity index (χ0v) is 17.4. The summed E-state index contributed by atoms with van der Waals surface area (Å²) in [6, 6.07) is 14.0. The lowest BCUT2D eigenvalue weighted by atomic mass is 10.0. The highest BCUT2D eigenvalue weighted by Crippen LogP contribution is 2.38. The molecule has 0 N–H and O–H groups in total. The van der Waals surface area contributed by atoms with Crippen molar-refractivity contribution < 1.29 is 18.4 Å². The van der Waals surface area contributed by atoms with Crippen LogP contribution in [0.1, 0.15) is 41.3 Å². The molecule has 156 valence electrons. The maximum Gasteiger partial charge on any atom is 0.310 e. The number of nitrogens with zero attached hydrogens (tertiary/aromatic N) is 3. The van der Waals surface area contributed by atoms with E-state index in [9.17, 15) is 4.79 Å². The lowest BCUT2D eigenvalue weighted by Gasteiger charge is -2.22. The molecule has 5 rings (SSSR count). The third-order valence-corrected chi connectivity index (χ3v) is 5.40. The molecule has 0 saturated heterocycles. The normalized spacial score (nSPS) is 16.0. The first-order valence-electron chi connectivity index (χ1n) is 9.85. The van der Waals surface area contributed by atoms with Gasteiger partial charge in [0.25, 0.3) is 0 Å². The van der Waals surface area contributed by atoms with Crippen LogP contribution in [0.25, 0.3) is 10.9 Å². The topological polar surface area (TPSA) is 81.1 Å². The number of amides is 1. The van der Waals surface area contributed by atoms with Gasteiger partial charge in [-0.05, 0) is 49.4 Å². The predicted octanol–water partition coefficient (Wildman–Crippen LogP) is 5.46. The van der Waals surface area contributed by atoms with Crippen molar-refractivity contribution in [2.75, 3.05) is 6.61 Å². The van der Waals surface area contributed by atoms with Crippen molar-refractivity contribution in [2.45, 2.75) is 19.4 Å². The fraction of sp³-hybridized carbons (Fsp3) is 0.174. The molecule has 0 radical (unpaired) electrons. The molecule has 31 heavy (non-hydrogen) atoms. The zero-order chi connectivity index (χ0) is 21.4. The highest BCUT2D eigenvalue weighted by Gasteiger charge is 2.37. The first kappa shape index (κ1) is 19.4. The van der Waals surface area contributed by atoms with E-state index in [1.54, 1.807) is 24.5 Å². The maximum atomic E-state index is 13.1. The van der Waals surface area contributed by atoms with Crippen LogP contribution in [-0.2, 0) is 0 Å². The van der Waals surface area contributed by atoms with E-state index in [0.29, 0.717) is 40.7 Å². The Morgan fingerprint density at radius 3 is 2.77 bits per heavy atom. The van der Waals surface area contributed by atoms with Crippen LogP contribution < -0.4 is 4.74 Å². The molecule has 8 heteroatoms. The number of hydrazone groups is 1. The molecule has 0 spiro atoms. The molecule has 1 aliphatic rings. The van der Waals surface area contributed by atoms with Crippen LogP contribution in [0, 0.1) is 0 Å². The Labute approximate surface area is 182 Å². The van der Waals surface area contributed by atoms with Crippen LogP contribution in [0.3, 0.4) is 0 Å². The number of carbonyl (C=O) groups is 1. The average molecular weight is 436 g/mol. The van der Waals surface area contributed by atoms with Crippen LogP contribution in [0.15, 0.2) is 75.0 Å². The van der Waals surface area contributed by atoms with E-state index in [2.05, 4.69) is 10.1 Å². The van der Waals surface area contributed by atoms with Gasteiger partial charge in [-0.1, -0.05) is 11.6 Å². The number of furan rings is 2. The minimum Gasteiger partial charge on any atom is -0.494 e. The molecule has 1 aromatic carbocycles. The summed E-state index contributed by atoms with van der Waals surface area (Å²) in [5.41, 5.74) is 2.06. The number of carbonyl (C=O) groups excluding carboxylic acids is 1. The standard InChI is InChI=1S/C23H18ClN3O4/c1-2-29-15-8-7-14-11-16(22(24)25-17(14)12-15)19-13-18(20-5-3-9-30-20)26-27(19)23(28)21-6-4-10-31-21/h3-12,19H,2,13H2,1H3. The first-order chi connectivity index (χ1) is 15.1. The number of rotatable bonds is 5. The highest BCUT2D eigenvalue weighted by atomic mass is 35.5. The van der Waals surface area contributed by atoms with Crippen LogP contribution in [0.4, 0.5) is 0 Å². The predicted molar refractivity (Wildman–Crippen MR) is 115 cm³/mol. The number of pyridine rings is 1. The van der Waals surface area contributed by atoms with E-state index in [4.69, 9.17) is 25.2 Å². The molecule has 1 aliphatic heterocycles. The molecule has 1 unspecified atom stereocenters. The molecule has 0 saturated carbocycles. The van der Waals surface area contributed by atoms with Crippen molar-refractivity contribution in [1.82, 2.24) is 9.99 Å². The molecule has 0 fully saturated rings. The number of fused-ring (bicyclic) bond motifs is 1. The fourth-order valence-electron chi connectivity index (χ4n) is 3.67. The molecule has 1 amide bonds. The first-order valence-corrected chi connectivity index (χ1v) is 10.2. The summed E-state index contributed by atoms with van der Waals surface area (Å²) in [6.07, 6.45) is 3.46. The average Bonchev–Trinajstić information content (AvgIpc) is 3.54. The van der Waals surface area contributed by atoms with Gasteiger partial charge in [-0.3, -0.25) is 4.79 Å². The van der Waals surface area contributed by atoms with E-state index in [0.717, 1.165) is 11.1 Å². The maximum absolute atomic E-state index is 13.1. The number of hydrogen-bond donors (Lipinski definition) is 0. The second-order valence-electron chi connectivity index (χ2n) is 7.03. The van der Waals surface area contributed by atoms with Crippen LogP contribution >= 0.6 is 11.6 Å². The molecule has 0 bridgehead atoms. The number of aromatic nitrogens is 1. The summed E-state index contributed by atoms with van der Waals surface area (Å²) in [4.78, 5) is 17.7. The second kappa shape index (κ2) is 7.92. The van der Waals surface area contributed by atoms with E-state index >= 15 is 0 Å². The summed E-state index contributed by atoms with van der Waals surface area (Å²) in [5, 5.41) is 7.13. The van der Waals surface area contributed by atoms with Crippen molar-refractivity contribution in [1.29, 1.82) is 0 Å². The summed E-state index contributed by atoms with van der Waals surface area (Å²) in [7, 11) is 0. The summed E-state index contributed by atoms with van der Waals surface area (Å²) in [5.74, 6) is 1.16. The zero-order valence-electron chi connectivity index (χ0n) is 16.6. The van der Waals surface area contributed by atoms with Crippen LogP contribution in [0.5, 0.6) is 5.75 Å². The number of hydrogen-bond acceptors (Lipinski definition) is 6. The van der Waals surface area contributed by atoms with Gasteiger partial charge in [-0.2, -0.15) is 5.10 Å². The van der Waals surface area contributed by atoms with Gasteiger partial charge >= 0.3 is 5.91 Å². The largest absolute Gasteiger partial charge is 0.494 e. The third kappa shape index (κ3) is 3.57. The monoisotopic (exact) mass is 435 g/mol. The van der Waals surface area contributed by atoms with Crippen LogP contribution in [-0.4, -0.2) is 28.2 Å². The van der Waals surface area contributed by atoms with Crippen molar-refractivity contribution in [2.24, 2.45) is 5.10 Å². The SMILES string of the molecule is CCOc1ccc2cc(C3CC(c4ccco4)=NN3C(=O)c3ccco3)c(Cl)nc2c1. The Morgan fingerprint density at radius 1 is 1.19 bits per heavy atom. The van der Waals surface area contributed by atoms with Gasteiger partial charge in [-0.25, -0.2) is 9.99 Å². The summed E-state index contributed by atoms with van der Waals surface area (Å²) in [6.45, 7) is 2.49. The van der Waals surface area contributed by atoms with E-state index in [1.807, 2.05) is 37.3 Å². The van der Waals surface area contributed by atoms with Gasteiger partial charge in [0, 0.05) is 23.4 Å². The third-order valence-electron chi connectivity index (χ3n) is 5.10. The Morgan fingerprint density at radius 2 is 2.03 bits per heavy atom. The Hall–Kier alpha value is -3.58. The van der Waals surface area contributed by atoms with Gasteiger partial charge in [0.05, 0.1) is 30.7 Å². The fourth-order valence-corrected chi connectivity index (χ4v) is 3.95. The Balaban J connectivity index is 1.56. The summed E-state index contributed by atoms with van der Waals surface area (Å²) < 4.78 is 16.4. The van der Waals surface area contributed by atoms with Gasteiger partial charge in [0.15, 0.2) is 5.76 Å². The smallest absolute Gasteiger partial charge is 0.310 e. The quantitative estimate of drug-likeness (QED) is 0.388. The van der Waals surface area contributed by atoms with E-state index < -0.39 is 6.04 Å². The molecule has 4 heterocycles. The Kier molecular flexibility index (Phi) is 4.95. The van der Waals surface area contributed by atoms with Gasteiger partial charge in [0.1, 0.15) is 22.4 Å². The van der Waals surface area contributed by atoms with Gasteiger partial charge < -0.3 is 13.6 Å². The molecular formula is C23H18ClN3O4. The van der Waals surface area contributed by atoms with Crippen LogP contribution in [0.2, 0.25) is 5.15 Å². The lowest BCUT2D eigenvalue weighted by molar-refractivity contribution is 0.0678. The Bertz CT molecular complexity index is 1270. The van der Waals surface area contributed by atoms with Crippen molar-refractivity contribution >= 4 is 34.1 Å². The molecule has 3 aromatic heterocycles. The minimum atomic E-state index is -0.450. The van der Waals surface area contributed by atoms with Gasteiger partial charge in [-0.15, -0.1) is 0 Å². The summed E-state index contributed by atoms with van der Waals surface area (Å²) >= 11 is 6.59. The highest BCUT2D eigenvalue weighted by molar-refractivity contribution is 6.30. The van der Waals surface area contributed by atoms with E-state index in [-0.39, 0.29) is 11.7 Å². The molecule has 4 aromatic rings.